The molecule has 0 saturated carbocycles. The van der Waals surface area contributed by atoms with Crippen molar-refractivity contribution < 1.29 is 4.39 Å². The summed E-state index contributed by atoms with van der Waals surface area (Å²) >= 11 is 5.18. The van der Waals surface area contributed by atoms with Gasteiger partial charge < -0.3 is 5.32 Å². The van der Waals surface area contributed by atoms with Crippen LogP contribution in [-0.4, -0.2) is 7.05 Å². The molecule has 0 aromatic heterocycles. The zero-order valence-corrected chi connectivity index (χ0v) is 12.3. The van der Waals surface area contributed by atoms with Crippen LogP contribution in [0.3, 0.4) is 0 Å². The molecule has 1 N–H and O–H groups in total. The third-order valence-corrected chi connectivity index (χ3v) is 4.42. The average molecular weight is 326 g/mol. The van der Waals surface area contributed by atoms with Crippen LogP contribution in [-0.2, 0) is 6.54 Å². The minimum absolute atomic E-state index is 0.206. The second-order valence-electron chi connectivity index (χ2n) is 3.85. The van der Waals surface area contributed by atoms with Crippen LogP contribution < -0.4 is 5.32 Å². The quantitative estimate of drug-likeness (QED) is 0.890. The summed E-state index contributed by atoms with van der Waals surface area (Å²) in [5, 5.41) is 3.12. The third-order valence-electron chi connectivity index (χ3n) is 2.42. The van der Waals surface area contributed by atoms with Crippen molar-refractivity contribution in [1.82, 2.24) is 5.32 Å². The first-order valence-corrected chi connectivity index (χ1v) is 7.16. The zero-order chi connectivity index (χ0) is 13.0. The van der Waals surface area contributed by atoms with Gasteiger partial charge in [0.25, 0.3) is 0 Å². The molecule has 0 amide bonds. The van der Waals surface area contributed by atoms with E-state index in [1.165, 1.54) is 17.7 Å². The first kappa shape index (κ1) is 13.6. The first-order chi connectivity index (χ1) is 8.69. The largest absolute Gasteiger partial charge is 0.316 e. The second kappa shape index (κ2) is 6.36. The molecule has 1 nitrogen and oxygen atoms in total. The lowest BCUT2D eigenvalue weighted by Gasteiger charge is -2.07. The fourth-order valence-corrected chi connectivity index (χ4v) is 3.06. The number of hydrogen-bond donors (Lipinski definition) is 1. The van der Waals surface area contributed by atoms with Crippen LogP contribution in [0, 0.1) is 5.82 Å². The van der Waals surface area contributed by atoms with Crippen molar-refractivity contribution in [3.05, 3.63) is 58.3 Å². The van der Waals surface area contributed by atoms with Crippen molar-refractivity contribution in [3.63, 3.8) is 0 Å². The van der Waals surface area contributed by atoms with Crippen molar-refractivity contribution >= 4 is 27.7 Å². The predicted octanol–water partition coefficient (Wildman–Crippen LogP) is 4.46. The molecule has 0 saturated heterocycles. The van der Waals surface area contributed by atoms with E-state index in [2.05, 4.69) is 39.4 Å². The Morgan fingerprint density at radius 2 is 1.89 bits per heavy atom. The highest BCUT2D eigenvalue weighted by molar-refractivity contribution is 9.10. The molecule has 0 aliphatic carbocycles. The third kappa shape index (κ3) is 3.57. The van der Waals surface area contributed by atoms with Gasteiger partial charge in [0.15, 0.2) is 0 Å². The van der Waals surface area contributed by atoms with E-state index in [1.807, 2.05) is 7.05 Å². The SMILES string of the molecule is CNCc1ccc(Sc2ccc(F)cc2)c(Br)c1. The van der Waals surface area contributed by atoms with Gasteiger partial charge in [-0.25, -0.2) is 4.39 Å². The summed E-state index contributed by atoms with van der Waals surface area (Å²) in [7, 11) is 1.93. The van der Waals surface area contributed by atoms with Gasteiger partial charge in [-0.15, -0.1) is 0 Å². The maximum absolute atomic E-state index is 12.8. The van der Waals surface area contributed by atoms with Crippen LogP contribution in [0.4, 0.5) is 4.39 Å². The highest BCUT2D eigenvalue weighted by Gasteiger charge is 2.04. The Kier molecular flexibility index (Phi) is 4.80. The van der Waals surface area contributed by atoms with Gasteiger partial charge in [-0.05, 0) is 64.9 Å². The molecule has 2 aromatic rings. The van der Waals surface area contributed by atoms with E-state index < -0.39 is 0 Å². The summed E-state index contributed by atoms with van der Waals surface area (Å²) in [6.07, 6.45) is 0. The average Bonchev–Trinajstić information content (AvgIpc) is 2.36. The van der Waals surface area contributed by atoms with E-state index in [1.54, 1.807) is 23.9 Å². The van der Waals surface area contributed by atoms with Crippen molar-refractivity contribution in [2.24, 2.45) is 0 Å². The van der Waals surface area contributed by atoms with E-state index in [0.717, 1.165) is 20.8 Å². The van der Waals surface area contributed by atoms with Crippen LogP contribution in [0.15, 0.2) is 56.7 Å². The van der Waals surface area contributed by atoms with Gasteiger partial charge in [0.1, 0.15) is 5.82 Å². The molecule has 2 rings (SSSR count). The van der Waals surface area contributed by atoms with Gasteiger partial charge in [-0.1, -0.05) is 17.8 Å². The maximum atomic E-state index is 12.8. The highest BCUT2D eigenvalue weighted by atomic mass is 79.9. The van der Waals surface area contributed by atoms with Crippen molar-refractivity contribution in [3.8, 4) is 0 Å². The normalized spacial score (nSPS) is 10.6. The smallest absolute Gasteiger partial charge is 0.123 e. The first-order valence-electron chi connectivity index (χ1n) is 5.55. The van der Waals surface area contributed by atoms with Crippen molar-refractivity contribution in [1.29, 1.82) is 0 Å². The lowest BCUT2D eigenvalue weighted by Crippen LogP contribution is -2.04. The van der Waals surface area contributed by atoms with Crippen LogP contribution in [0.5, 0.6) is 0 Å². The van der Waals surface area contributed by atoms with E-state index in [4.69, 9.17) is 0 Å². The molecule has 0 heterocycles. The lowest BCUT2D eigenvalue weighted by atomic mass is 10.2. The van der Waals surface area contributed by atoms with E-state index in [0.29, 0.717) is 0 Å². The summed E-state index contributed by atoms with van der Waals surface area (Å²) in [6, 6.07) is 12.8. The van der Waals surface area contributed by atoms with Gasteiger partial charge in [0, 0.05) is 20.8 Å². The molecule has 0 spiro atoms. The van der Waals surface area contributed by atoms with Crippen LogP contribution >= 0.6 is 27.7 Å². The Balaban J connectivity index is 2.16. The summed E-state index contributed by atoms with van der Waals surface area (Å²) in [4.78, 5) is 2.15. The lowest BCUT2D eigenvalue weighted by molar-refractivity contribution is 0.626. The van der Waals surface area contributed by atoms with Crippen LogP contribution in [0.25, 0.3) is 0 Å². The molecule has 0 aliphatic heterocycles. The second-order valence-corrected chi connectivity index (χ2v) is 5.82. The predicted molar refractivity (Wildman–Crippen MR) is 77.4 cm³/mol. The monoisotopic (exact) mass is 325 g/mol. The molecule has 0 bridgehead atoms. The number of nitrogens with one attached hydrogen (secondary N) is 1. The number of halogens is 2. The van der Waals surface area contributed by atoms with E-state index >= 15 is 0 Å². The Hall–Kier alpha value is -0.840. The van der Waals surface area contributed by atoms with Gasteiger partial charge >= 0.3 is 0 Å². The van der Waals surface area contributed by atoms with E-state index in [9.17, 15) is 4.39 Å². The Morgan fingerprint density at radius 3 is 2.50 bits per heavy atom. The van der Waals surface area contributed by atoms with Crippen molar-refractivity contribution in [2.75, 3.05) is 7.05 Å². The molecule has 94 valence electrons. The topological polar surface area (TPSA) is 12.0 Å². The zero-order valence-electron chi connectivity index (χ0n) is 9.91. The summed E-state index contributed by atoms with van der Waals surface area (Å²) in [6.45, 7) is 0.847. The molecule has 18 heavy (non-hydrogen) atoms. The fourth-order valence-electron chi connectivity index (χ4n) is 1.57. The summed E-state index contributed by atoms with van der Waals surface area (Å²) < 4.78 is 13.9. The molecular formula is C14H13BrFNS. The van der Waals surface area contributed by atoms with Crippen molar-refractivity contribution in [2.45, 2.75) is 16.3 Å². The highest BCUT2D eigenvalue weighted by Crippen LogP contribution is 2.34. The summed E-state index contributed by atoms with van der Waals surface area (Å²) in [5.41, 5.74) is 1.23. The minimum Gasteiger partial charge on any atom is -0.316 e. The van der Waals surface area contributed by atoms with Crippen LogP contribution in [0.2, 0.25) is 0 Å². The Labute approximate surface area is 119 Å². The minimum atomic E-state index is -0.206. The van der Waals surface area contributed by atoms with Gasteiger partial charge in [-0.3, -0.25) is 0 Å². The van der Waals surface area contributed by atoms with Crippen LogP contribution in [0.1, 0.15) is 5.56 Å². The van der Waals surface area contributed by atoms with Gasteiger partial charge in [0.2, 0.25) is 0 Å². The maximum Gasteiger partial charge on any atom is 0.123 e. The summed E-state index contributed by atoms with van der Waals surface area (Å²) in [5.74, 6) is -0.206. The molecule has 4 heteroatoms. The molecule has 0 unspecified atom stereocenters. The molecule has 2 aromatic carbocycles. The molecule has 0 radical (unpaired) electrons. The number of benzene rings is 2. The number of rotatable bonds is 4. The molecule has 0 fully saturated rings. The number of hydrogen-bond acceptors (Lipinski definition) is 2. The Morgan fingerprint density at radius 1 is 1.17 bits per heavy atom. The van der Waals surface area contributed by atoms with Gasteiger partial charge in [0.05, 0.1) is 0 Å². The van der Waals surface area contributed by atoms with Gasteiger partial charge in [-0.2, -0.15) is 0 Å². The fraction of sp³-hybridized carbons (Fsp3) is 0.143. The molecular weight excluding hydrogens is 313 g/mol. The molecule has 0 atom stereocenters. The molecule has 0 aliphatic rings. The van der Waals surface area contributed by atoms with E-state index in [-0.39, 0.29) is 5.82 Å². The Bertz CT molecular complexity index is 528. The standard InChI is InChI=1S/C14H13BrFNS/c1-17-9-10-2-7-14(13(15)8-10)18-12-5-3-11(16)4-6-12/h2-8,17H,9H2,1H3.